The van der Waals surface area contributed by atoms with Crippen molar-refractivity contribution in [1.29, 1.82) is 0 Å². The Balaban J connectivity index is 0.000000772. The Morgan fingerprint density at radius 3 is 0.444 bits per heavy atom. The summed E-state index contributed by atoms with van der Waals surface area (Å²) in [5.41, 5.74) is -13.6. The summed E-state index contributed by atoms with van der Waals surface area (Å²) in [5, 5.41) is 2.38. The van der Waals surface area contributed by atoms with Gasteiger partial charge in [0.15, 0.2) is 69.8 Å². The Morgan fingerprint density at radius 1 is 0.241 bits per heavy atom. The van der Waals surface area contributed by atoms with E-state index in [0.717, 1.165) is 0 Å². The lowest BCUT2D eigenvalue weighted by atomic mass is 9.12. The zero-order valence-corrected chi connectivity index (χ0v) is 27.7. The normalized spacial score (nSPS) is 12.3. The summed E-state index contributed by atoms with van der Waals surface area (Å²) in [5.74, 6) is -71.4. The molecule has 0 saturated heterocycles. The first-order chi connectivity index (χ1) is 24.4. The second-order valence-corrected chi connectivity index (χ2v) is 13.7. The van der Waals surface area contributed by atoms with Crippen molar-refractivity contribution >= 4 is 28.0 Å². The fourth-order valence-corrected chi connectivity index (χ4v) is 6.17. The van der Waals surface area contributed by atoms with Crippen LogP contribution in [0.15, 0.2) is 0 Å². The van der Waals surface area contributed by atoms with Crippen LogP contribution in [0, 0.1) is 116 Å². The van der Waals surface area contributed by atoms with E-state index in [0.29, 0.717) is 11.1 Å². The molecule has 0 aromatic heterocycles. The van der Waals surface area contributed by atoms with Gasteiger partial charge in [0.05, 0.1) is 11.1 Å². The minimum absolute atomic E-state index is 0.359. The van der Waals surface area contributed by atoms with Crippen LogP contribution in [0.4, 0.5) is 87.8 Å². The summed E-state index contributed by atoms with van der Waals surface area (Å²) >= 11 is 0. The molecule has 22 heteroatoms. The molecule has 0 aliphatic heterocycles. The van der Waals surface area contributed by atoms with E-state index in [1.807, 2.05) is 0 Å². The zero-order valence-electron chi connectivity index (χ0n) is 27.7. The van der Waals surface area contributed by atoms with Crippen molar-refractivity contribution < 1.29 is 93.1 Å². The van der Waals surface area contributed by atoms with E-state index in [1.54, 1.807) is 0 Å². The van der Waals surface area contributed by atoms with Gasteiger partial charge >= 0.3 is 0 Å². The first-order valence-corrected chi connectivity index (χ1v) is 14.5. The van der Waals surface area contributed by atoms with Crippen molar-refractivity contribution in [3.63, 3.8) is 0 Å². The van der Waals surface area contributed by atoms with Crippen molar-refractivity contribution in [2.75, 3.05) is 0 Å². The van der Waals surface area contributed by atoms with Gasteiger partial charge in [-0.15, -0.1) is 21.9 Å². The van der Waals surface area contributed by atoms with Gasteiger partial charge < -0.3 is 5.32 Å². The van der Waals surface area contributed by atoms with E-state index >= 15 is 35.1 Å². The van der Waals surface area contributed by atoms with Gasteiger partial charge in [-0.2, -0.15) is 0 Å². The van der Waals surface area contributed by atoms with E-state index in [1.165, 1.54) is 0 Å². The van der Waals surface area contributed by atoms with Crippen LogP contribution in [-0.4, -0.2) is 17.2 Å². The average Bonchev–Trinajstić information content (AvgIpc) is 3.06. The Morgan fingerprint density at radius 2 is 0.352 bits per heavy atom. The maximum atomic E-state index is 15.4. The Hall–Kier alpha value is -4.50. The number of hydrogen-bond acceptors (Lipinski definition) is 0. The maximum absolute atomic E-state index is 15.4. The highest BCUT2D eigenvalue weighted by Gasteiger charge is 2.52. The minimum Gasteiger partial charge on any atom is -0.338 e. The third-order valence-electron chi connectivity index (χ3n) is 7.57. The molecule has 0 aliphatic carbocycles. The highest BCUT2D eigenvalue weighted by atomic mass is 19.2. The number of quaternary nitrogens is 1. The highest BCUT2D eigenvalue weighted by molar-refractivity contribution is 7.20. The second kappa shape index (κ2) is 14.6. The van der Waals surface area contributed by atoms with E-state index in [9.17, 15) is 52.7 Å². The van der Waals surface area contributed by atoms with Crippen LogP contribution in [0.1, 0.15) is 41.5 Å². The van der Waals surface area contributed by atoms with Gasteiger partial charge in [-0.1, -0.05) is 0 Å². The van der Waals surface area contributed by atoms with Crippen molar-refractivity contribution in [3.8, 4) is 0 Å². The maximum Gasteiger partial charge on any atom is 0.200 e. The van der Waals surface area contributed by atoms with Crippen molar-refractivity contribution in [3.05, 3.63) is 116 Å². The molecule has 4 aromatic carbocycles. The lowest BCUT2D eigenvalue weighted by Crippen LogP contribution is -3.02. The fourth-order valence-electron chi connectivity index (χ4n) is 6.17. The van der Waals surface area contributed by atoms with Crippen LogP contribution in [-0.2, 0) is 0 Å². The molecule has 54 heavy (non-hydrogen) atoms. The number of rotatable bonds is 4. The van der Waals surface area contributed by atoms with Crippen molar-refractivity contribution in [2.45, 2.75) is 52.6 Å². The molecule has 0 fully saturated rings. The standard InChI is InChI=1S/C24BF20.C8H19N/c26-5-1(6(27)14(35)21(42)13(5)34)25(2-7(28)15(36)22(43)16(37)8(2)29,3-9(30)17(38)23(44)18(39)10(3)31)4-11(32)19(40)24(45)20(41)12(4)33;1-7(2,3)9-8(4,5)6/h;9H,1-6H3/q-1;/p+1. The Bertz CT molecular complexity index is 1780. The molecule has 0 unspecified atom stereocenters. The molecule has 1 nitrogen and oxygen atoms in total. The van der Waals surface area contributed by atoms with Crippen LogP contribution in [0.3, 0.4) is 0 Å². The predicted molar refractivity (Wildman–Crippen MR) is 151 cm³/mol. The summed E-state index contributed by atoms with van der Waals surface area (Å²) in [6, 6.07) is 0. The van der Waals surface area contributed by atoms with Gasteiger partial charge in [0.1, 0.15) is 52.7 Å². The van der Waals surface area contributed by atoms with Crippen LogP contribution in [0.5, 0.6) is 0 Å². The van der Waals surface area contributed by atoms with Gasteiger partial charge in [0, 0.05) is 0 Å². The largest absolute Gasteiger partial charge is 0.338 e. The number of benzene rings is 4. The molecular weight excluding hydrogens is 789 g/mol. The number of nitrogens with two attached hydrogens (primary N) is 1. The molecule has 0 heterocycles. The summed E-state index contributed by atoms with van der Waals surface area (Å²) in [6.07, 6.45) is -7.22. The summed E-state index contributed by atoms with van der Waals surface area (Å²) in [4.78, 5) is 0. The molecular formula is C32H20BF20N. The minimum atomic E-state index is -7.22. The lowest BCUT2D eigenvalue weighted by Gasteiger charge is -2.44. The monoisotopic (exact) mass is 809 g/mol. The number of halogens is 20. The Labute approximate surface area is 290 Å². The van der Waals surface area contributed by atoms with Crippen molar-refractivity contribution in [1.82, 2.24) is 0 Å². The van der Waals surface area contributed by atoms with Crippen LogP contribution in [0.2, 0.25) is 0 Å². The van der Waals surface area contributed by atoms with Crippen LogP contribution < -0.4 is 27.2 Å². The van der Waals surface area contributed by atoms with Gasteiger partial charge in [0.25, 0.3) is 0 Å². The molecule has 0 spiro atoms. The summed E-state index contributed by atoms with van der Waals surface area (Å²) in [6.45, 7) is 13.4. The molecule has 4 aromatic rings. The molecule has 0 radical (unpaired) electrons. The van der Waals surface area contributed by atoms with E-state index in [-0.39, 0.29) is 0 Å². The number of hydrogen-bond donors (Lipinski definition) is 1. The highest BCUT2D eigenvalue weighted by Crippen LogP contribution is 2.30. The lowest BCUT2D eigenvalue weighted by molar-refractivity contribution is -0.772. The van der Waals surface area contributed by atoms with Crippen LogP contribution >= 0.6 is 0 Å². The molecule has 296 valence electrons. The van der Waals surface area contributed by atoms with Gasteiger partial charge in [-0.05, 0) is 41.5 Å². The van der Waals surface area contributed by atoms with Gasteiger partial charge in [-0.3, -0.25) is 0 Å². The SMILES string of the molecule is CC(C)(C)[NH2+]C(C)(C)C.Fc1c(F)c(F)c([B-](c2c(F)c(F)c(F)c(F)c2F)(c2c(F)c(F)c(F)c(F)c2F)c2c(F)c(F)c(F)c(F)c2F)c(F)c1F. The second-order valence-electron chi connectivity index (χ2n) is 13.7. The molecule has 2 N–H and O–H groups in total. The molecule has 0 atom stereocenters. The smallest absolute Gasteiger partial charge is 0.200 e. The molecule has 0 bridgehead atoms. The molecule has 0 amide bonds. The van der Waals surface area contributed by atoms with Crippen molar-refractivity contribution in [2.24, 2.45) is 0 Å². The van der Waals surface area contributed by atoms with Crippen LogP contribution in [0.25, 0.3) is 0 Å². The quantitative estimate of drug-likeness (QED) is 0.0992. The average molecular weight is 809 g/mol. The Kier molecular flexibility index (Phi) is 11.9. The predicted octanol–water partition coefficient (Wildman–Crippen LogP) is 6.99. The molecule has 0 saturated carbocycles. The first-order valence-electron chi connectivity index (χ1n) is 14.5. The molecule has 0 aliphatic rings. The zero-order chi connectivity index (χ0) is 42.1. The topological polar surface area (TPSA) is 16.6 Å². The van der Waals surface area contributed by atoms with Gasteiger partial charge in [-0.25, -0.2) is 87.8 Å². The van der Waals surface area contributed by atoms with E-state index < -0.39 is 144 Å². The van der Waals surface area contributed by atoms with E-state index in [4.69, 9.17) is 0 Å². The van der Waals surface area contributed by atoms with Gasteiger partial charge in [0.2, 0.25) is 0 Å². The summed E-state index contributed by atoms with van der Waals surface area (Å²) < 4.78 is 294. The first kappa shape index (κ1) is 43.9. The third-order valence-corrected chi connectivity index (χ3v) is 7.57. The summed E-state index contributed by atoms with van der Waals surface area (Å²) in [7, 11) is 0. The third kappa shape index (κ3) is 6.96. The molecule has 4 rings (SSSR count). The fraction of sp³-hybridized carbons (Fsp3) is 0.250. The van der Waals surface area contributed by atoms with E-state index in [2.05, 4.69) is 46.9 Å².